The van der Waals surface area contributed by atoms with Gasteiger partial charge >= 0.3 is 0 Å². The van der Waals surface area contributed by atoms with Gasteiger partial charge in [-0.15, -0.1) is 0 Å². The Hall–Kier alpha value is -1.18. The molecule has 0 saturated heterocycles. The van der Waals surface area contributed by atoms with Crippen molar-refractivity contribution in [3.8, 4) is 11.5 Å². The fourth-order valence-corrected chi connectivity index (χ4v) is 1.67. The molecule has 0 amide bonds. The molecule has 0 unspecified atom stereocenters. The van der Waals surface area contributed by atoms with Gasteiger partial charge in [0.2, 0.25) is 0 Å². The number of hydrogen-bond acceptors (Lipinski definition) is 2. The second-order valence-electron chi connectivity index (χ2n) is 4.61. The first-order valence-corrected chi connectivity index (χ1v) is 7.19. The lowest BCUT2D eigenvalue weighted by Gasteiger charge is -1.97. The summed E-state index contributed by atoms with van der Waals surface area (Å²) in [6.07, 6.45) is 11.5. The van der Waals surface area contributed by atoms with E-state index < -0.39 is 0 Å². The molecule has 2 nitrogen and oxygen atoms in total. The Morgan fingerprint density at radius 1 is 0.667 bits per heavy atom. The lowest BCUT2D eigenvalue weighted by atomic mass is 10.1. The third-order valence-corrected chi connectivity index (χ3v) is 2.84. The monoisotopic (exact) mass is 252 g/mol. The van der Waals surface area contributed by atoms with E-state index in [1.807, 2.05) is 0 Å². The summed E-state index contributed by atoms with van der Waals surface area (Å²) in [6.45, 7) is 4.54. The van der Waals surface area contributed by atoms with Crippen LogP contribution in [0.25, 0.3) is 0 Å². The lowest BCUT2D eigenvalue weighted by Crippen LogP contribution is -1.77. The van der Waals surface area contributed by atoms with Gasteiger partial charge in [0, 0.05) is 0 Å². The van der Waals surface area contributed by atoms with E-state index in [1.54, 1.807) is 12.1 Å². The molecule has 2 N–H and O–H groups in total. The summed E-state index contributed by atoms with van der Waals surface area (Å²) in [5, 5.41) is 17.3. The molecule has 2 heteroatoms. The molecule has 1 rings (SSSR count). The molecular weight excluding hydrogens is 224 g/mol. The van der Waals surface area contributed by atoms with Crippen LogP contribution < -0.4 is 0 Å². The molecule has 0 spiro atoms. The van der Waals surface area contributed by atoms with Gasteiger partial charge in [-0.2, -0.15) is 0 Å². The number of phenolic OH excluding ortho intramolecular Hbond substituents is 2. The van der Waals surface area contributed by atoms with Crippen molar-refractivity contribution in [1.82, 2.24) is 0 Å². The quantitative estimate of drug-likeness (QED) is 0.514. The number of aromatic hydroxyl groups is 2. The lowest BCUT2D eigenvalue weighted by molar-refractivity contribution is 0.404. The zero-order valence-electron chi connectivity index (χ0n) is 11.9. The SMILES string of the molecule is CCCCCCCCCC.Oc1ccccc1O. The smallest absolute Gasteiger partial charge is 0.157 e. The summed E-state index contributed by atoms with van der Waals surface area (Å²) in [5.74, 6) is -0.153. The maximum atomic E-state index is 8.67. The highest BCUT2D eigenvalue weighted by atomic mass is 16.3. The second kappa shape index (κ2) is 12.3. The third kappa shape index (κ3) is 10.0. The predicted octanol–water partition coefficient (Wildman–Crippen LogP) is 5.24. The van der Waals surface area contributed by atoms with E-state index >= 15 is 0 Å². The van der Waals surface area contributed by atoms with Crippen LogP contribution in [0.5, 0.6) is 11.5 Å². The molecule has 0 aliphatic carbocycles. The molecule has 104 valence electrons. The maximum absolute atomic E-state index is 8.67. The zero-order chi connectivity index (χ0) is 13.6. The van der Waals surface area contributed by atoms with Gasteiger partial charge in [0.25, 0.3) is 0 Å². The molecule has 0 aliphatic heterocycles. The van der Waals surface area contributed by atoms with Crippen LogP contribution in [-0.2, 0) is 0 Å². The van der Waals surface area contributed by atoms with Crippen LogP contribution >= 0.6 is 0 Å². The standard InChI is InChI=1S/C10H22.C6H6O2/c1-3-5-7-9-10-8-6-4-2;7-5-3-1-2-4-6(5)8/h3-10H2,1-2H3;1-4,7-8H. The van der Waals surface area contributed by atoms with Crippen molar-refractivity contribution in [2.45, 2.75) is 65.2 Å². The van der Waals surface area contributed by atoms with Gasteiger partial charge in [-0.3, -0.25) is 0 Å². The van der Waals surface area contributed by atoms with Crippen molar-refractivity contribution in [3.05, 3.63) is 24.3 Å². The molecule has 1 aromatic rings. The van der Waals surface area contributed by atoms with Crippen LogP contribution in [0.4, 0.5) is 0 Å². The van der Waals surface area contributed by atoms with E-state index in [-0.39, 0.29) is 11.5 Å². The largest absolute Gasteiger partial charge is 0.504 e. The summed E-state index contributed by atoms with van der Waals surface area (Å²) in [4.78, 5) is 0. The van der Waals surface area contributed by atoms with Crippen LogP contribution in [0.1, 0.15) is 65.2 Å². The van der Waals surface area contributed by atoms with Crippen LogP contribution in [-0.4, -0.2) is 10.2 Å². The number of phenols is 2. The van der Waals surface area contributed by atoms with Crippen molar-refractivity contribution >= 4 is 0 Å². The fourth-order valence-electron chi connectivity index (χ4n) is 1.67. The Balaban J connectivity index is 0.000000327. The molecule has 18 heavy (non-hydrogen) atoms. The van der Waals surface area contributed by atoms with E-state index in [9.17, 15) is 0 Å². The molecule has 0 aromatic heterocycles. The molecule has 1 aromatic carbocycles. The Morgan fingerprint density at radius 2 is 1.00 bits per heavy atom. The topological polar surface area (TPSA) is 40.5 Å². The summed E-state index contributed by atoms with van der Waals surface area (Å²) in [7, 11) is 0. The summed E-state index contributed by atoms with van der Waals surface area (Å²) in [6, 6.07) is 6.15. The minimum absolute atomic E-state index is 0.0764. The number of rotatable bonds is 7. The van der Waals surface area contributed by atoms with Gasteiger partial charge in [-0.05, 0) is 12.1 Å². The van der Waals surface area contributed by atoms with Gasteiger partial charge in [-0.1, -0.05) is 77.3 Å². The molecule has 0 atom stereocenters. The predicted molar refractivity (Wildman–Crippen MR) is 78.1 cm³/mol. The minimum Gasteiger partial charge on any atom is -0.504 e. The fraction of sp³-hybridized carbons (Fsp3) is 0.625. The average molecular weight is 252 g/mol. The highest BCUT2D eigenvalue weighted by Gasteiger charge is 1.90. The highest BCUT2D eigenvalue weighted by Crippen LogP contribution is 2.21. The van der Waals surface area contributed by atoms with Crippen LogP contribution in [0.3, 0.4) is 0 Å². The van der Waals surface area contributed by atoms with E-state index in [1.165, 1.54) is 63.5 Å². The van der Waals surface area contributed by atoms with Crippen LogP contribution in [0.15, 0.2) is 24.3 Å². The van der Waals surface area contributed by atoms with Gasteiger partial charge in [0.05, 0.1) is 0 Å². The Labute approximate surface area is 112 Å². The number of para-hydroxylation sites is 2. The summed E-state index contributed by atoms with van der Waals surface area (Å²) >= 11 is 0. The van der Waals surface area contributed by atoms with Gasteiger partial charge in [-0.25, -0.2) is 0 Å². The first-order chi connectivity index (χ1) is 8.72. The molecule has 0 heterocycles. The second-order valence-corrected chi connectivity index (χ2v) is 4.61. The highest BCUT2D eigenvalue weighted by molar-refractivity contribution is 5.36. The van der Waals surface area contributed by atoms with Crippen molar-refractivity contribution in [1.29, 1.82) is 0 Å². The summed E-state index contributed by atoms with van der Waals surface area (Å²) < 4.78 is 0. The molecular formula is C16H28O2. The molecule has 0 aliphatic rings. The van der Waals surface area contributed by atoms with Gasteiger partial charge in [0.1, 0.15) is 0 Å². The Bertz CT molecular complexity index is 255. The van der Waals surface area contributed by atoms with Crippen molar-refractivity contribution < 1.29 is 10.2 Å². The molecule has 0 bridgehead atoms. The van der Waals surface area contributed by atoms with E-state index in [4.69, 9.17) is 10.2 Å². The Morgan fingerprint density at radius 3 is 1.28 bits per heavy atom. The zero-order valence-corrected chi connectivity index (χ0v) is 11.9. The van der Waals surface area contributed by atoms with Crippen molar-refractivity contribution in [3.63, 3.8) is 0 Å². The normalized spacial score (nSPS) is 9.67. The average Bonchev–Trinajstić information content (AvgIpc) is 2.38. The van der Waals surface area contributed by atoms with E-state index in [0.29, 0.717) is 0 Å². The van der Waals surface area contributed by atoms with Crippen molar-refractivity contribution in [2.75, 3.05) is 0 Å². The molecule has 0 saturated carbocycles. The van der Waals surface area contributed by atoms with Gasteiger partial charge in [0.15, 0.2) is 11.5 Å². The first kappa shape index (κ1) is 16.8. The number of unbranched alkanes of at least 4 members (excludes halogenated alkanes) is 7. The first-order valence-electron chi connectivity index (χ1n) is 7.19. The minimum atomic E-state index is -0.0764. The summed E-state index contributed by atoms with van der Waals surface area (Å²) in [5.41, 5.74) is 0. The van der Waals surface area contributed by atoms with Crippen LogP contribution in [0, 0.1) is 0 Å². The van der Waals surface area contributed by atoms with Crippen LogP contribution in [0.2, 0.25) is 0 Å². The molecule has 0 fully saturated rings. The maximum Gasteiger partial charge on any atom is 0.157 e. The van der Waals surface area contributed by atoms with E-state index in [0.717, 1.165) is 0 Å². The number of benzene rings is 1. The van der Waals surface area contributed by atoms with Crippen molar-refractivity contribution in [2.24, 2.45) is 0 Å². The van der Waals surface area contributed by atoms with E-state index in [2.05, 4.69) is 13.8 Å². The third-order valence-electron chi connectivity index (χ3n) is 2.84. The Kier molecular flexibility index (Phi) is 11.5. The number of hydrogen-bond donors (Lipinski definition) is 2. The molecule has 0 radical (unpaired) electrons. The van der Waals surface area contributed by atoms with Gasteiger partial charge < -0.3 is 10.2 Å².